The lowest BCUT2D eigenvalue weighted by Gasteiger charge is -1.84. The van der Waals surface area contributed by atoms with Gasteiger partial charge < -0.3 is 0 Å². The van der Waals surface area contributed by atoms with E-state index in [-0.39, 0.29) is 0 Å². The van der Waals surface area contributed by atoms with Gasteiger partial charge in [0.05, 0.1) is 0 Å². The van der Waals surface area contributed by atoms with Gasteiger partial charge in [0.15, 0.2) is 0 Å². The molecule has 0 N–H and O–H groups in total. The fourth-order valence-corrected chi connectivity index (χ4v) is 0.918. The molecule has 0 aliphatic rings. The molecular weight excluding hydrogens is 168 g/mol. The first-order valence-electron chi connectivity index (χ1n) is 4.47. The van der Waals surface area contributed by atoms with Gasteiger partial charge in [-0.15, -0.1) is 11.6 Å². The van der Waals surface area contributed by atoms with Gasteiger partial charge >= 0.3 is 0 Å². The predicted molar refractivity (Wildman–Crippen MR) is 56.7 cm³/mol. The maximum atomic E-state index is 5.38. The van der Waals surface area contributed by atoms with Crippen LogP contribution >= 0.6 is 11.6 Å². The van der Waals surface area contributed by atoms with Crippen LogP contribution in [0.4, 0.5) is 0 Å². The number of alkyl halides is 1. The van der Waals surface area contributed by atoms with Crippen molar-refractivity contribution in [3.8, 4) is 0 Å². The molecule has 0 aliphatic heterocycles. The number of halogens is 1. The van der Waals surface area contributed by atoms with Crippen LogP contribution < -0.4 is 0 Å². The maximum absolute atomic E-state index is 5.38. The lowest BCUT2D eigenvalue weighted by molar-refractivity contribution is 0.776. The minimum absolute atomic E-state index is 0.827. The number of hydrogen-bond donors (Lipinski definition) is 0. The van der Waals surface area contributed by atoms with Crippen LogP contribution in [0.25, 0.3) is 0 Å². The van der Waals surface area contributed by atoms with E-state index in [1.54, 1.807) is 0 Å². The molecule has 0 bridgehead atoms. The molecule has 1 aromatic carbocycles. The van der Waals surface area contributed by atoms with Gasteiger partial charge in [0.1, 0.15) is 0 Å². The molecule has 0 saturated heterocycles. The monoisotopic (exact) mass is 184 g/mol. The Balaban J connectivity index is 0.000000202. The van der Waals surface area contributed by atoms with Gasteiger partial charge in [-0.25, -0.2) is 0 Å². The largest absolute Gasteiger partial charge is 0.127 e. The van der Waals surface area contributed by atoms with Crippen molar-refractivity contribution in [1.82, 2.24) is 0 Å². The molecule has 0 unspecified atom stereocenters. The number of benzene rings is 1. The van der Waals surface area contributed by atoms with Gasteiger partial charge in [-0.1, -0.05) is 56.2 Å². The van der Waals surface area contributed by atoms with Crippen LogP contribution in [-0.4, -0.2) is 5.88 Å². The van der Waals surface area contributed by atoms with Crippen LogP contribution in [-0.2, 0) is 0 Å². The van der Waals surface area contributed by atoms with E-state index in [1.165, 1.54) is 19.3 Å². The van der Waals surface area contributed by atoms with Gasteiger partial charge in [-0.05, 0) is 6.42 Å². The summed E-state index contributed by atoms with van der Waals surface area (Å²) in [6, 6.07) is 12.0. The Hall–Kier alpha value is -0.490. The highest BCUT2D eigenvalue weighted by Gasteiger charge is 1.76. The van der Waals surface area contributed by atoms with Crippen LogP contribution in [0, 0.1) is 0 Å². The Morgan fingerprint density at radius 1 is 0.833 bits per heavy atom. The smallest absolute Gasteiger partial charge is 0.0223 e. The molecule has 1 aromatic rings. The highest BCUT2D eigenvalue weighted by molar-refractivity contribution is 6.17. The average molecular weight is 185 g/mol. The van der Waals surface area contributed by atoms with Crippen LogP contribution in [0.3, 0.4) is 0 Å². The summed E-state index contributed by atoms with van der Waals surface area (Å²) >= 11 is 5.38. The van der Waals surface area contributed by atoms with Crippen molar-refractivity contribution >= 4 is 11.6 Å². The fourth-order valence-electron chi connectivity index (χ4n) is 0.729. The van der Waals surface area contributed by atoms with Crippen molar-refractivity contribution in [2.75, 3.05) is 5.88 Å². The van der Waals surface area contributed by atoms with E-state index in [4.69, 9.17) is 11.6 Å². The van der Waals surface area contributed by atoms with Crippen LogP contribution in [0.15, 0.2) is 36.4 Å². The average Bonchev–Trinajstić information content (AvgIpc) is 2.18. The quantitative estimate of drug-likeness (QED) is 0.490. The van der Waals surface area contributed by atoms with E-state index in [0.717, 1.165) is 5.88 Å². The summed E-state index contributed by atoms with van der Waals surface area (Å²) in [6.45, 7) is 2.17. The number of rotatable bonds is 3. The van der Waals surface area contributed by atoms with Crippen LogP contribution in [0.1, 0.15) is 26.2 Å². The summed E-state index contributed by atoms with van der Waals surface area (Å²) < 4.78 is 0. The molecule has 0 spiro atoms. The molecule has 0 atom stereocenters. The maximum Gasteiger partial charge on any atom is 0.0223 e. The normalized spacial score (nSPS) is 8.50. The minimum atomic E-state index is 0.827. The van der Waals surface area contributed by atoms with Crippen molar-refractivity contribution in [1.29, 1.82) is 0 Å². The molecule has 0 aromatic heterocycles. The first-order chi connectivity index (χ1) is 5.91. The highest BCUT2D eigenvalue weighted by atomic mass is 35.5. The molecule has 0 radical (unpaired) electrons. The van der Waals surface area contributed by atoms with Gasteiger partial charge in [0, 0.05) is 5.88 Å². The van der Waals surface area contributed by atoms with E-state index in [1.807, 2.05) is 36.4 Å². The van der Waals surface area contributed by atoms with Gasteiger partial charge in [-0.2, -0.15) is 0 Å². The zero-order chi connectivity index (χ0) is 9.07. The van der Waals surface area contributed by atoms with Gasteiger partial charge in [0.2, 0.25) is 0 Å². The second kappa shape index (κ2) is 10.5. The first kappa shape index (κ1) is 11.5. The second-order valence-corrected chi connectivity index (χ2v) is 2.93. The molecule has 0 heterocycles. The minimum Gasteiger partial charge on any atom is -0.127 e. The number of hydrogen-bond acceptors (Lipinski definition) is 0. The van der Waals surface area contributed by atoms with E-state index in [0.29, 0.717) is 0 Å². The van der Waals surface area contributed by atoms with E-state index in [2.05, 4.69) is 6.92 Å². The Kier molecular flexibility index (Phi) is 10.1. The molecule has 12 heavy (non-hydrogen) atoms. The van der Waals surface area contributed by atoms with Crippen molar-refractivity contribution in [3.63, 3.8) is 0 Å². The van der Waals surface area contributed by atoms with Crippen LogP contribution in [0.5, 0.6) is 0 Å². The third-order valence-electron chi connectivity index (χ3n) is 1.40. The summed E-state index contributed by atoms with van der Waals surface area (Å²) in [4.78, 5) is 0. The van der Waals surface area contributed by atoms with E-state index in [9.17, 15) is 0 Å². The molecular formula is C11H17Cl. The molecule has 0 fully saturated rings. The van der Waals surface area contributed by atoms with E-state index < -0.39 is 0 Å². The van der Waals surface area contributed by atoms with Crippen molar-refractivity contribution in [3.05, 3.63) is 36.4 Å². The zero-order valence-corrected chi connectivity index (χ0v) is 8.43. The Bertz CT molecular complexity index is 118. The van der Waals surface area contributed by atoms with Crippen molar-refractivity contribution in [2.24, 2.45) is 0 Å². The van der Waals surface area contributed by atoms with E-state index >= 15 is 0 Å². The summed E-state index contributed by atoms with van der Waals surface area (Å²) in [7, 11) is 0. The standard InChI is InChI=1S/C6H6.C5H11Cl/c1-2-4-6-5-3-1;1-2-3-4-5-6/h1-6H;2-5H2,1H3. The molecule has 0 nitrogen and oxygen atoms in total. The SMILES string of the molecule is CCCCCCl.c1ccccc1. The molecule has 68 valence electrons. The number of unbranched alkanes of at least 4 members (excludes halogenated alkanes) is 2. The predicted octanol–water partition coefficient (Wildman–Crippen LogP) is 4.10. The third-order valence-corrected chi connectivity index (χ3v) is 1.67. The molecule has 1 heteroatoms. The lowest BCUT2D eigenvalue weighted by atomic mass is 10.3. The zero-order valence-electron chi connectivity index (χ0n) is 7.67. The van der Waals surface area contributed by atoms with Crippen molar-refractivity contribution in [2.45, 2.75) is 26.2 Å². The summed E-state index contributed by atoms with van der Waals surface area (Å²) in [5.41, 5.74) is 0. The fraction of sp³-hybridized carbons (Fsp3) is 0.455. The Morgan fingerprint density at radius 2 is 1.25 bits per heavy atom. The summed E-state index contributed by atoms with van der Waals surface area (Å²) in [5, 5.41) is 0. The molecule has 1 rings (SSSR count). The Labute approximate surface area is 80.6 Å². The molecule has 0 saturated carbocycles. The highest BCUT2D eigenvalue weighted by Crippen LogP contribution is 1.93. The Morgan fingerprint density at radius 3 is 1.42 bits per heavy atom. The second-order valence-electron chi connectivity index (χ2n) is 2.55. The lowest BCUT2D eigenvalue weighted by Crippen LogP contribution is -1.70. The van der Waals surface area contributed by atoms with Crippen molar-refractivity contribution < 1.29 is 0 Å². The first-order valence-corrected chi connectivity index (χ1v) is 5.01. The van der Waals surface area contributed by atoms with Gasteiger partial charge in [0.25, 0.3) is 0 Å². The van der Waals surface area contributed by atoms with Gasteiger partial charge in [-0.3, -0.25) is 0 Å². The van der Waals surface area contributed by atoms with Crippen LogP contribution in [0.2, 0.25) is 0 Å². The summed E-state index contributed by atoms with van der Waals surface area (Å²) in [6.07, 6.45) is 3.73. The molecule has 0 amide bonds. The third kappa shape index (κ3) is 9.51. The topological polar surface area (TPSA) is 0 Å². The summed E-state index contributed by atoms with van der Waals surface area (Å²) in [5.74, 6) is 0.827. The molecule has 0 aliphatic carbocycles.